The summed E-state index contributed by atoms with van der Waals surface area (Å²) in [6, 6.07) is 16.6. The third-order valence-electron chi connectivity index (χ3n) is 2.88. The van der Waals surface area contributed by atoms with Crippen LogP contribution in [0.3, 0.4) is 0 Å². The van der Waals surface area contributed by atoms with Crippen LogP contribution in [0, 0.1) is 11.3 Å². The minimum absolute atomic E-state index is 0.224. The molecule has 2 rings (SSSR count). The Kier molecular flexibility index (Phi) is 6.32. The van der Waals surface area contributed by atoms with E-state index in [2.05, 4.69) is 0 Å². The Bertz CT molecular complexity index is 680. The first-order valence-electron chi connectivity index (χ1n) is 6.71. The van der Waals surface area contributed by atoms with E-state index >= 15 is 0 Å². The molecule has 0 aromatic heterocycles. The number of hydrogen-bond donors (Lipinski definition) is 0. The molecule has 0 N–H and O–H groups in total. The van der Waals surface area contributed by atoms with Gasteiger partial charge in [-0.05, 0) is 29.8 Å². The van der Waals surface area contributed by atoms with Gasteiger partial charge in [-0.15, -0.1) is 11.8 Å². The number of benzene rings is 2. The maximum atomic E-state index is 11.7. The van der Waals surface area contributed by atoms with Crippen molar-refractivity contribution in [1.29, 1.82) is 5.26 Å². The Morgan fingerprint density at radius 2 is 1.91 bits per heavy atom. The number of carbonyl (C=O) groups excluding carboxylic acids is 1. The number of halogens is 1. The molecule has 0 heterocycles. The zero-order chi connectivity index (χ0) is 15.8. The van der Waals surface area contributed by atoms with Crippen molar-refractivity contribution >= 4 is 29.3 Å². The summed E-state index contributed by atoms with van der Waals surface area (Å²) in [5.41, 5.74) is 1.46. The molecule has 0 aliphatic heterocycles. The first-order chi connectivity index (χ1) is 10.7. The molecule has 0 saturated carbocycles. The van der Waals surface area contributed by atoms with Crippen molar-refractivity contribution in [2.45, 2.75) is 17.9 Å². The number of nitrogens with zero attached hydrogens (tertiary/aromatic N) is 1. The monoisotopic (exact) mass is 331 g/mol. The van der Waals surface area contributed by atoms with E-state index in [1.165, 1.54) is 11.8 Å². The smallest absolute Gasteiger partial charge is 0.306 e. The molecule has 0 aliphatic rings. The molecule has 2 aromatic rings. The Morgan fingerprint density at radius 3 is 2.59 bits per heavy atom. The average molecular weight is 332 g/mol. The lowest BCUT2D eigenvalue weighted by Gasteiger charge is -2.06. The third-order valence-corrected chi connectivity index (χ3v) is 4.40. The van der Waals surface area contributed by atoms with Crippen molar-refractivity contribution in [2.24, 2.45) is 0 Å². The van der Waals surface area contributed by atoms with Crippen LogP contribution in [-0.4, -0.2) is 11.7 Å². The Hall–Kier alpha value is -1.96. The number of carbonyl (C=O) groups is 1. The van der Waals surface area contributed by atoms with E-state index in [9.17, 15) is 4.79 Å². The Morgan fingerprint density at radius 1 is 1.18 bits per heavy atom. The van der Waals surface area contributed by atoms with Gasteiger partial charge >= 0.3 is 5.97 Å². The molecule has 0 atom stereocenters. The predicted molar refractivity (Wildman–Crippen MR) is 87.7 cm³/mol. The SMILES string of the molecule is N#Cc1ccc(COC(=O)CCSc2ccccc2Cl)cc1. The largest absolute Gasteiger partial charge is 0.461 e. The first kappa shape index (κ1) is 16.4. The fourth-order valence-corrected chi connectivity index (χ4v) is 2.89. The molecule has 0 amide bonds. The van der Waals surface area contributed by atoms with E-state index in [-0.39, 0.29) is 12.6 Å². The zero-order valence-corrected chi connectivity index (χ0v) is 13.4. The normalized spacial score (nSPS) is 10.0. The molecule has 0 spiro atoms. The lowest BCUT2D eigenvalue weighted by Crippen LogP contribution is -2.05. The zero-order valence-electron chi connectivity index (χ0n) is 11.8. The average Bonchev–Trinajstić information content (AvgIpc) is 2.55. The van der Waals surface area contributed by atoms with Crippen LogP contribution in [0.4, 0.5) is 0 Å². The molecule has 0 unspecified atom stereocenters. The summed E-state index contributed by atoms with van der Waals surface area (Å²) in [6.45, 7) is 0.224. The van der Waals surface area contributed by atoms with Gasteiger partial charge in [0.1, 0.15) is 6.61 Å². The van der Waals surface area contributed by atoms with E-state index in [1.807, 2.05) is 30.3 Å². The summed E-state index contributed by atoms with van der Waals surface area (Å²) in [5.74, 6) is 0.375. The Labute approximate surface area is 138 Å². The number of ether oxygens (including phenoxy) is 1. The minimum Gasteiger partial charge on any atom is -0.461 e. The van der Waals surface area contributed by atoms with Crippen LogP contribution in [0.1, 0.15) is 17.5 Å². The van der Waals surface area contributed by atoms with Gasteiger partial charge in [-0.1, -0.05) is 35.9 Å². The second-order valence-corrected chi connectivity index (χ2v) is 6.04. The van der Waals surface area contributed by atoms with Crippen LogP contribution in [0.25, 0.3) is 0 Å². The highest BCUT2D eigenvalue weighted by atomic mass is 35.5. The predicted octanol–water partition coefficient (Wildman–Crippen LogP) is 4.44. The molecule has 0 saturated heterocycles. The van der Waals surface area contributed by atoms with Crippen molar-refractivity contribution in [3.05, 3.63) is 64.7 Å². The van der Waals surface area contributed by atoms with Gasteiger partial charge in [-0.2, -0.15) is 5.26 Å². The van der Waals surface area contributed by atoms with Crippen molar-refractivity contribution < 1.29 is 9.53 Å². The highest BCUT2D eigenvalue weighted by Crippen LogP contribution is 2.26. The summed E-state index contributed by atoms with van der Waals surface area (Å²) in [4.78, 5) is 12.7. The maximum Gasteiger partial charge on any atom is 0.306 e. The second kappa shape index (κ2) is 8.47. The molecule has 112 valence electrons. The molecular formula is C17H14ClNO2S. The van der Waals surface area contributed by atoms with Crippen LogP contribution in [0.5, 0.6) is 0 Å². The third kappa shape index (κ3) is 5.10. The van der Waals surface area contributed by atoms with Crippen LogP contribution < -0.4 is 0 Å². The molecule has 0 radical (unpaired) electrons. The summed E-state index contributed by atoms with van der Waals surface area (Å²) in [5, 5.41) is 9.40. The number of rotatable bonds is 6. The van der Waals surface area contributed by atoms with Crippen LogP contribution in [0.15, 0.2) is 53.4 Å². The van der Waals surface area contributed by atoms with Crippen molar-refractivity contribution in [3.63, 3.8) is 0 Å². The summed E-state index contributed by atoms with van der Waals surface area (Å²) in [6.07, 6.45) is 0.326. The van der Waals surface area contributed by atoms with Gasteiger partial charge in [0.25, 0.3) is 0 Å². The van der Waals surface area contributed by atoms with E-state index in [1.54, 1.807) is 24.3 Å². The Balaban J connectivity index is 1.72. The molecule has 3 nitrogen and oxygen atoms in total. The van der Waals surface area contributed by atoms with Gasteiger partial charge in [0.2, 0.25) is 0 Å². The summed E-state index contributed by atoms with van der Waals surface area (Å²) < 4.78 is 5.20. The van der Waals surface area contributed by atoms with Crippen LogP contribution in [-0.2, 0) is 16.1 Å². The molecule has 2 aromatic carbocycles. The second-order valence-electron chi connectivity index (χ2n) is 4.50. The lowest BCUT2D eigenvalue weighted by atomic mass is 10.2. The standard InChI is InChI=1S/C17H14ClNO2S/c18-15-3-1-2-4-16(15)22-10-9-17(20)21-12-14-7-5-13(11-19)6-8-14/h1-8H,9-10,12H2. The number of thioether (sulfide) groups is 1. The molecule has 5 heteroatoms. The van der Waals surface area contributed by atoms with E-state index < -0.39 is 0 Å². The molecule has 22 heavy (non-hydrogen) atoms. The minimum atomic E-state index is -0.246. The fourth-order valence-electron chi connectivity index (χ4n) is 1.72. The van der Waals surface area contributed by atoms with E-state index in [0.29, 0.717) is 22.8 Å². The lowest BCUT2D eigenvalue weighted by molar-refractivity contribution is -0.144. The molecule has 0 aliphatic carbocycles. The highest BCUT2D eigenvalue weighted by Gasteiger charge is 2.06. The van der Waals surface area contributed by atoms with Crippen molar-refractivity contribution in [3.8, 4) is 6.07 Å². The van der Waals surface area contributed by atoms with E-state index in [0.717, 1.165) is 10.5 Å². The van der Waals surface area contributed by atoms with Gasteiger partial charge in [0, 0.05) is 10.6 Å². The number of esters is 1. The molecule has 0 fully saturated rings. The van der Waals surface area contributed by atoms with Gasteiger partial charge in [-0.3, -0.25) is 4.79 Å². The topological polar surface area (TPSA) is 50.1 Å². The van der Waals surface area contributed by atoms with Gasteiger partial charge in [0.15, 0.2) is 0 Å². The highest BCUT2D eigenvalue weighted by molar-refractivity contribution is 7.99. The molecule has 0 bridgehead atoms. The number of nitriles is 1. The van der Waals surface area contributed by atoms with Gasteiger partial charge < -0.3 is 4.74 Å². The summed E-state index contributed by atoms with van der Waals surface area (Å²) >= 11 is 7.58. The first-order valence-corrected chi connectivity index (χ1v) is 8.07. The number of hydrogen-bond acceptors (Lipinski definition) is 4. The van der Waals surface area contributed by atoms with Crippen LogP contribution in [0.2, 0.25) is 5.02 Å². The van der Waals surface area contributed by atoms with E-state index in [4.69, 9.17) is 21.6 Å². The maximum absolute atomic E-state index is 11.7. The van der Waals surface area contributed by atoms with Gasteiger partial charge in [-0.25, -0.2) is 0 Å². The molecular weight excluding hydrogens is 318 g/mol. The van der Waals surface area contributed by atoms with Gasteiger partial charge in [0.05, 0.1) is 23.1 Å². The fraction of sp³-hybridized carbons (Fsp3) is 0.176. The van der Waals surface area contributed by atoms with Crippen molar-refractivity contribution in [2.75, 3.05) is 5.75 Å². The van der Waals surface area contributed by atoms with Crippen molar-refractivity contribution in [1.82, 2.24) is 0 Å². The summed E-state index contributed by atoms with van der Waals surface area (Å²) in [7, 11) is 0. The quantitative estimate of drug-likeness (QED) is 0.580. The van der Waals surface area contributed by atoms with Crippen LogP contribution >= 0.6 is 23.4 Å².